The second-order valence-electron chi connectivity index (χ2n) is 2.70. The zero-order valence-electron chi connectivity index (χ0n) is 8.03. The molecule has 6 heteroatoms. The van der Waals surface area contributed by atoms with Crippen molar-refractivity contribution in [1.82, 2.24) is 5.32 Å². The number of carbonyl (C=O) groups is 1. The van der Waals surface area contributed by atoms with Gasteiger partial charge in [0.15, 0.2) is 5.75 Å². The zero-order valence-corrected chi connectivity index (χ0v) is 8.78. The number of rotatable bonds is 2. The van der Waals surface area contributed by atoms with E-state index in [0.29, 0.717) is 10.8 Å². The lowest BCUT2D eigenvalue weighted by atomic mass is 10.3. The highest BCUT2D eigenvalue weighted by atomic mass is 35.5. The molecule has 1 aromatic carbocycles. The highest BCUT2D eigenvalue weighted by molar-refractivity contribution is 6.30. The van der Waals surface area contributed by atoms with Crippen LogP contribution in [0, 0.1) is 0 Å². The van der Waals surface area contributed by atoms with Crippen LogP contribution in [-0.2, 0) is 4.79 Å². The molecule has 15 heavy (non-hydrogen) atoms. The summed E-state index contributed by atoms with van der Waals surface area (Å²) in [5, 5.41) is 6.34. The third-order valence-electron chi connectivity index (χ3n) is 1.37. The Labute approximate surface area is 91.8 Å². The van der Waals surface area contributed by atoms with Crippen molar-refractivity contribution in [1.29, 1.82) is 0 Å². The predicted molar refractivity (Wildman–Crippen MR) is 57.5 cm³/mol. The molecular formula is C9H10ClN3O2. The van der Waals surface area contributed by atoms with Gasteiger partial charge in [-0.25, -0.2) is 0 Å². The lowest BCUT2D eigenvalue weighted by Gasteiger charge is -2.01. The fourth-order valence-electron chi connectivity index (χ4n) is 0.801. The number of hydrogen-bond donors (Lipinski definition) is 2. The Morgan fingerprint density at radius 2 is 2.07 bits per heavy atom. The minimum Gasteiger partial charge on any atom is -0.367 e. The molecular weight excluding hydrogens is 218 g/mol. The maximum Gasteiger partial charge on any atom is 0.238 e. The first-order valence-electron chi connectivity index (χ1n) is 4.11. The van der Waals surface area contributed by atoms with Crippen molar-refractivity contribution >= 4 is 23.5 Å². The number of amides is 1. The summed E-state index contributed by atoms with van der Waals surface area (Å²) in [5.41, 5.74) is 5.32. The Hall–Kier alpha value is -1.75. The molecule has 0 heterocycles. The third-order valence-corrected chi connectivity index (χ3v) is 1.62. The molecule has 0 saturated heterocycles. The Bertz CT molecular complexity index is 375. The minimum absolute atomic E-state index is 0.0996. The average molecular weight is 228 g/mol. The van der Waals surface area contributed by atoms with Gasteiger partial charge in [0, 0.05) is 11.9 Å². The van der Waals surface area contributed by atoms with E-state index in [1.165, 1.54) is 6.92 Å². The number of nitrogens with zero attached hydrogens (tertiary/aromatic N) is 1. The summed E-state index contributed by atoms with van der Waals surface area (Å²) in [6.45, 7) is 1.32. The highest BCUT2D eigenvalue weighted by Gasteiger charge is 1.96. The van der Waals surface area contributed by atoms with Gasteiger partial charge in [-0.3, -0.25) is 10.1 Å². The number of oxime groups is 1. The van der Waals surface area contributed by atoms with Gasteiger partial charge in [0.1, 0.15) is 0 Å². The molecule has 0 saturated carbocycles. The summed E-state index contributed by atoms with van der Waals surface area (Å²) in [5.74, 6) is 0.0705. The topological polar surface area (TPSA) is 76.7 Å². The van der Waals surface area contributed by atoms with Gasteiger partial charge in [-0.15, -0.1) is 0 Å². The maximum absolute atomic E-state index is 10.6. The van der Waals surface area contributed by atoms with Crippen LogP contribution >= 0.6 is 11.6 Å². The zero-order chi connectivity index (χ0) is 11.3. The molecule has 0 aromatic heterocycles. The standard InChI is InChI=1S/C9H10ClN3O2/c1-6(14)12-9(11)13-15-8-4-2-7(10)3-5-8/h2-5H,1H3,(H3,11,12,13,14). The van der Waals surface area contributed by atoms with Crippen LogP contribution in [0.1, 0.15) is 6.92 Å². The molecule has 80 valence electrons. The molecule has 0 fully saturated rings. The van der Waals surface area contributed by atoms with E-state index in [1.54, 1.807) is 24.3 Å². The van der Waals surface area contributed by atoms with Crippen LogP contribution in [0.2, 0.25) is 5.02 Å². The number of nitrogens with two attached hydrogens (primary N) is 1. The highest BCUT2D eigenvalue weighted by Crippen LogP contribution is 2.15. The van der Waals surface area contributed by atoms with Gasteiger partial charge in [0.05, 0.1) is 0 Å². The molecule has 0 spiro atoms. The molecule has 3 N–H and O–H groups in total. The molecule has 0 radical (unpaired) electrons. The summed E-state index contributed by atoms with van der Waals surface area (Å²) in [4.78, 5) is 15.5. The Balaban J connectivity index is 2.55. The van der Waals surface area contributed by atoms with Crippen molar-refractivity contribution in [2.24, 2.45) is 10.9 Å². The molecule has 0 aliphatic carbocycles. The summed E-state index contributed by atoms with van der Waals surface area (Å²) in [6.07, 6.45) is 0. The Morgan fingerprint density at radius 1 is 1.47 bits per heavy atom. The molecule has 1 aromatic rings. The quantitative estimate of drug-likeness (QED) is 0.451. The lowest BCUT2D eigenvalue weighted by Crippen LogP contribution is -2.35. The van der Waals surface area contributed by atoms with E-state index in [9.17, 15) is 4.79 Å². The summed E-state index contributed by atoms with van der Waals surface area (Å²) >= 11 is 5.67. The van der Waals surface area contributed by atoms with Crippen molar-refractivity contribution in [2.75, 3.05) is 0 Å². The van der Waals surface area contributed by atoms with Gasteiger partial charge in [-0.05, 0) is 29.4 Å². The number of hydrogen-bond acceptors (Lipinski definition) is 3. The van der Waals surface area contributed by atoms with Crippen LogP contribution < -0.4 is 15.9 Å². The van der Waals surface area contributed by atoms with E-state index in [-0.39, 0.29) is 11.9 Å². The van der Waals surface area contributed by atoms with Gasteiger partial charge in [-0.1, -0.05) is 11.6 Å². The van der Waals surface area contributed by atoms with E-state index < -0.39 is 0 Å². The van der Waals surface area contributed by atoms with Gasteiger partial charge >= 0.3 is 0 Å². The monoisotopic (exact) mass is 227 g/mol. The second kappa shape index (κ2) is 5.21. The van der Waals surface area contributed by atoms with Crippen molar-refractivity contribution in [3.8, 4) is 5.75 Å². The molecule has 0 unspecified atom stereocenters. The van der Waals surface area contributed by atoms with Crippen LogP contribution in [0.4, 0.5) is 0 Å². The van der Waals surface area contributed by atoms with Crippen molar-refractivity contribution in [3.05, 3.63) is 29.3 Å². The fourth-order valence-corrected chi connectivity index (χ4v) is 0.926. The summed E-state index contributed by atoms with van der Waals surface area (Å²) < 4.78 is 0. The predicted octanol–water partition coefficient (Wildman–Crippen LogP) is 1.08. The summed E-state index contributed by atoms with van der Waals surface area (Å²) in [6, 6.07) is 6.57. The summed E-state index contributed by atoms with van der Waals surface area (Å²) in [7, 11) is 0. The SMILES string of the molecule is CC(=O)NC(N)=NOc1ccc(Cl)cc1. The Kier molecular flexibility index (Phi) is 3.93. The van der Waals surface area contributed by atoms with Crippen molar-refractivity contribution in [3.63, 3.8) is 0 Å². The number of halogens is 1. The first kappa shape index (κ1) is 11.3. The average Bonchev–Trinajstić information content (AvgIpc) is 2.16. The fraction of sp³-hybridized carbons (Fsp3) is 0.111. The van der Waals surface area contributed by atoms with Crippen LogP contribution in [0.25, 0.3) is 0 Å². The number of guanidine groups is 1. The molecule has 5 nitrogen and oxygen atoms in total. The van der Waals surface area contributed by atoms with E-state index in [4.69, 9.17) is 22.2 Å². The first-order chi connectivity index (χ1) is 7.08. The van der Waals surface area contributed by atoms with Crippen molar-refractivity contribution in [2.45, 2.75) is 6.92 Å². The van der Waals surface area contributed by atoms with E-state index in [1.807, 2.05) is 0 Å². The van der Waals surface area contributed by atoms with E-state index >= 15 is 0 Å². The first-order valence-corrected chi connectivity index (χ1v) is 4.49. The van der Waals surface area contributed by atoms with Crippen LogP contribution in [0.3, 0.4) is 0 Å². The van der Waals surface area contributed by atoms with Crippen LogP contribution in [0.15, 0.2) is 29.4 Å². The molecule has 0 atom stereocenters. The van der Waals surface area contributed by atoms with Crippen LogP contribution in [-0.4, -0.2) is 11.9 Å². The number of nitrogens with one attached hydrogen (secondary N) is 1. The maximum atomic E-state index is 10.6. The van der Waals surface area contributed by atoms with Crippen LogP contribution in [0.5, 0.6) is 5.75 Å². The molecule has 0 bridgehead atoms. The molecule has 1 amide bonds. The molecule has 0 aliphatic rings. The van der Waals surface area contributed by atoms with Gasteiger partial charge in [-0.2, -0.15) is 0 Å². The number of carbonyl (C=O) groups excluding carboxylic acids is 1. The molecule has 0 aliphatic heterocycles. The van der Waals surface area contributed by atoms with Gasteiger partial charge < -0.3 is 10.6 Å². The van der Waals surface area contributed by atoms with E-state index in [0.717, 1.165) is 0 Å². The second-order valence-corrected chi connectivity index (χ2v) is 3.14. The third kappa shape index (κ3) is 4.33. The lowest BCUT2D eigenvalue weighted by molar-refractivity contribution is -0.117. The van der Waals surface area contributed by atoms with Gasteiger partial charge in [0.25, 0.3) is 0 Å². The number of benzene rings is 1. The Morgan fingerprint density at radius 3 is 2.60 bits per heavy atom. The minimum atomic E-state index is -0.309. The van der Waals surface area contributed by atoms with E-state index in [2.05, 4.69) is 10.5 Å². The van der Waals surface area contributed by atoms with Gasteiger partial charge in [0.2, 0.25) is 11.9 Å². The molecule has 1 rings (SSSR count). The van der Waals surface area contributed by atoms with Crippen molar-refractivity contribution < 1.29 is 9.63 Å². The smallest absolute Gasteiger partial charge is 0.238 e. The largest absolute Gasteiger partial charge is 0.367 e. The normalized spacial score (nSPS) is 10.9.